The second-order valence-corrected chi connectivity index (χ2v) is 8.04. The Balaban J connectivity index is 1.80. The van der Waals surface area contributed by atoms with Crippen LogP contribution in [0.15, 0.2) is 16.8 Å². The monoisotopic (exact) mass is 403 g/mol. The Bertz CT molecular complexity index is 995. The number of nitrogens with zero attached hydrogens (tertiary/aromatic N) is 2. The molecular formula is C22H27F2N3O2. The molecule has 0 saturated heterocycles. The molecule has 156 valence electrons. The molecule has 0 spiro atoms. The first-order chi connectivity index (χ1) is 13.8. The molecule has 3 aromatic heterocycles. The molecule has 0 amide bonds. The number of hydrogen-bond donors (Lipinski definition) is 1. The number of H-pyrrole nitrogens is 1. The summed E-state index contributed by atoms with van der Waals surface area (Å²) in [4.78, 5) is 8.04. The summed E-state index contributed by atoms with van der Waals surface area (Å²) in [5.74, 6) is -1.75. The summed E-state index contributed by atoms with van der Waals surface area (Å²) in [5, 5.41) is 5.02. The van der Waals surface area contributed by atoms with E-state index in [0.717, 1.165) is 51.3 Å². The van der Waals surface area contributed by atoms with E-state index in [1.54, 1.807) is 7.11 Å². The summed E-state index contributed by atoms with van der Waals surface area (Å²) in [6.45, 7) is 5.87. The molecule has 29 heavy (non-hydrogen) atoms. The smallest absolute Gasteiger partial charge is 0.248 e. The van der Waals surface area contributed by atoms with Gasteiger partial charge < -0.3 is 14.2 Å². The van der Waals surface area contributed by atoms with Gasteiger partial charge >= 0.3 is 0 Å². The summed E-state index contributed by atoms with van der Waals surface area (Å²) in [5.41, 5.74) is 5.57. The van der Waals surface area contributed by atoms with Crippen molar-refractivity contribution in [1.29, 1.82) is 0 Å². The largest absolute Gasteiger partial charge is 0.376 e. The lowest BCUT2D eigenvalue weighted by atomic mass is 9.80. The zero-order valence-electron chi connectivity index (χ0n) is 17.3. The number of ether oxygens (including phenoxy) is 1. The van der Waals surface area contributed by atoms with Crippen molar-refractivity contribution in [3.05, 3.63) is 35.0 Å². The summed E-state index contributed by atoms with van der Waals surface area (Å²) < 4.78 is 38.6. The summed E-state index contributed by atoms with van der Waals surface area (Å²) in [6.07, 6.45) is 3.12. The number of pyridine rings is 1. The van der Waals surface area contributed by atoms with Crippen molar-refractivity contribution >= 4 is 11.0 Å². The van der Waals surface area contributed by atoms with Gasteiger partial charge in [0.15, 0.2) is 0 Å². The van der Waals surface area contributed by atoms with Crippen LogP contribution in [0.25, 0.3) is 22.2 Å². The number of rotatable bonds is 5. The van der Waals surface area contributed by atoms with Crippen LogP contribution in [0.1, 0.15) is 61.4 Å². The van der Waals surface area contributed by atoms with E-state index in [9.17, 15) is 8.78 Å². The molecule has 0 aliphatic heterocycles. The molecular weight excluding hydrogens is 376 g/mol. The Morgan fingerprint density at radius 2 is 2.03 bits per heavy atom. The molecule has 1 N–H and O–H groups in total. The van der Waals surface area contributed by atoms with Crippen molar-refractivity contribution in [2.45, 2.75) is 64.9 Å². The molecule has 5 nitrogen and oxygen atoms in total. The van der Waals surface area contributed by atoms with Gasteiger partial charge in [0.25, 0.3) is 0 Å². The normalized spacial score (nSPS) is 18.4. The SMILES string of the molecule is CCc1[nH]c2ncc(-c3c(C)noc3C)cc2c1C(OC)C1CCC(F)(F)CC1. The Morgan fingerprint density at radius 3 is 2.62 bits per heavy atom. The van der Waals surface area contributed by atoms with Gasteiger partial charge in [-0.15, -0.1) is 0 Å². The quantitative estimate of drug-likeness (QED) is 0.575. The van der Waals surface area contributed by atoms with Crippen LogP contribution in [-0.4, -0.2) is 28.2 Å². The van der Waals surface area contributed by atoms with Crippen LogP contribution < -0.4 is 0 Å². The second kappa shape index (κ2) is 7.52. The maximum Gasteiger partial charge on any atom is 0.248 e. The molecule has 1 saturated carbocycles. The minimum Gasteiger partial charge on any atom is -0.376 e. The van der Waals surface area contributed by atoms with Crippen molar-refractivity contribution in [2.24, 2.45) is 5.92 Å². The predicted octanol–water partition coefficient (Wildman–Crippen LogP) is 5.91. The lowest BCUT2D eigenvalue weighted by Gasteiger charge is -2.33. The average molecular weight is 403 g/mol. The van der Waals surface area contributed by atoms with E-state index in [2.05, 4.69) is 28.1 Å². The first-order valence-electron chi connectivity index (χ1n) is 10.2. The highest BCUT2D eigenvalue weighted by atomic mass is 19.3. The van der Waals surface area contributed by atoms with Crippen LogP contribution in [0.2, 0.25) is 0 Å². The molecule has 1 aliphatic rings. The number of fused-ring (bicyclic) bond motifs is 1. The van der Waals surface area contributed by atoms with Gasteiger partial charge in [-0.2, -0.15) is 0 Å². The molecule has 0 aromatic carbocycles. The fourth-order valence-electron chi connectivity index (χ4n) is 4.69. The van der Waals surface area contributed by atoms with Crippen LogP contribution in [0.3, 0.4) is 0 Å². The number of alkyl halides is 2. The zero-order chi connectivity index (χ0) is 20.8. The van der Waals surface area contributed by atoms with Crippen molar-refractivity contribution in [2.75, 3.05) is 7.11 Å². The molecule has 7 heteroatoms. The Labute approximate surface area is 168 Å². The number of methoxy groups -OCH3 is 1. The Morgan fingerprint density at radius 1 is 1.31 bits per heavy atom. The topological polar surface area (TPSA) is 63.9 Å². The highest BCUT2D eigenvalue weighted by Gasteiger charge is 2.39. The molecule has 1 aliphatic carbocycles. The van der Waals surface area contributed by atoms with Gasteiger partial charge in [0.2, 0.25) is 5.92 Å². The molecule has 1 atom stereocenters. The number of aromatic amines is 1. The summed E-state index contributed by atoms with van der Waals surface area (Å²) in [7, 11) is 1.67. The van der Waals surface area contributed by atoms with Crippen molar-refractivity contribution in [3.8, 4) is 11.1 Å². The fraction of sp³-hybridized carbons (Fsp3) is 0.545. The zero-order valence-corrected chi connectivity index (χ0v) is 17.3. The molecule has 4 rings (SSSR count). The van der Waals surface area contributed by atoms with Crippen LogP contribution in [0.4, 0.5) is 8.78 Å². The number of aryl methyl sites for hydroxylation is 3. The number of nitrogens with one attached hydrogen (secondary N) is 1. The second-order valence-electron chi connectivity index (χ2n) is 8.04. The minimum atomic E-state index is -2.55. The molecule has 0 radical (unpaired) electrons. The van der Waals surface area contributed by atoms with Gasteiger partial charge in [-0.05, 0) is 45.1 Å². The van der Waals surface area contributed by atoms with Crippen LogP contribution >= 0.6 is 0 Å². The first-order valence-corrected chi connectivity index (χ1v) is 10.2. The van der Waals surface area contributed by atoms with E-state index in [1.807, 2.05) is 20.0 Å². The molecule has 1 unspecified atom stereocenters. The van der Waals surface area contributed by atoms with Gasteiger partial charge in [-0.3, -0.25) is 0 Å². The predicted molar refractivity (Wildman–Crippen MR) is 107 cm³/mol. The Hall–Kier alpha value is -2.28. The lowest BCUT2D eigenvalue weighted by Crippen LogP contribution is -2.28. The fourth-order valence-corrected chi connectivity index (χ4v) is 4.69. The maximum absolute atomic E-state index is 13.7. The van der Waals surface area contributed by atoms with Crippen LogP contribution in [0.5, 0.6) is 0 Å². The van der Waals surface area contributed by atoms with E-state index in [1.165, 1.54) is 0 Å². The molecule has 1 fully saturated rings. The third-order valence-corrected chi connectivity index (χ3v) is 6.18. The van der Waals surface area contributed by atoms with Gasteiger partial charge in [0, 0.05) is 53.9 Å². The standard InChI is InChI=1S/C22H27F2N3O2/c1-5-17-19(20(28-4)14-6-8-22(23,24)9-7-14)16-10-15(11-25-21(16)26-17)18-12(2)27-29-13(18)3/h10-11,14,20H,5-9H2,1-4H3,(H,25,26). The van der Waals surface area contributed by atoms with Crippen molar-refractivity contribution < 1.29 is 18.0 Å². The molecule has 0 bridgehead atoms. The van der Waals surface area contributed by atoms with Crippen LogP contribution in [-0.2, 0) is 11.2 Å². The third-order valence-electron chi connectivity index (χ3n) is 6.18. The van der Waals surface area contributed by atoms with Gasteiger partial charge in [0.05, 0.1) is 11.8 Å². The van der Waals surface area contributed by atoms with Gasteiger partial charge in [-0.25, -0.2) is 13.8 Å². The molecule has 3 aromatic rings. The van der Waals surface area contributed by atoms with E-state index >= 15 is 0 Å². The van der Waals surface area contributed by atoms with Crippen LogP contribution in [0, 0.1) is 19.8 Å². The highest BCUT2D eigenvalue weighted by molar-refractivity contribution is 5.87. The number of hydrogen-bond acceptors (Lipinski definition) is 4. The highest BCUT2D eigenvalue weighted by Crippen LogP contribution is 2.45. The first kappa shape index (κ1) is 20.0. The third kappa shape index (κ3) is 3.56. The number of halogens is 2. The van der Waals surface area contributed by atoms with Crippen molar-refractivity contribution in [3.63, 3.8) is 0 Å². The summed E-state index contributed by atoms with van der Waals surface area (Å²) in [6, 6.07) is 2.09. The summed E-state index contributed by atoms with van der Waals surface area (Å²) >= 11 is 0. The number of aromatic nitrogens is 3. The molecule has 3 heterocycles. The van der Waals surface area contributed by atoms with E-state index in [0.29, 0.717) is 12.8 Å². The van der Waals surface area contributed by atoms with E-state index < -0.39 is 5.92 Å². The van der Waals surface area contributed by atoms with E-state index in [4.69, 9.17) is 9.26 Å². The lowest BCUT2D eigenvalue weighted by molar-refractivity contribution is -0.0688. The Kier molecular flexibility index (Phi) is 5.19. The van der Waals surface area contributed by atoms with Crippen molar-refractivity contribution in [1.82, 2.24) is 15.1 Å². The average Bonchev–Trinajstić information content (AvgIpc) is 3.22. The maximum atomic E-state index is 13.7. The minimum absolute atomic E-state index is 0.0617. The van der Waals surface area contributed by atoms with Gasteiger partial charge in [0.1, 0.15) is 11.4 Å². The van der Waals surface area contributed by atoms with E-state index in [-0.39, 0.29) is 24.9 Å². The van der Waals surface area contributed by atoms with Gasteiger partial charge in [-0.1, -0.05) is 12.1 Å².